The number of hydrogen-bond acceptors (Lipinski definition) is 16. The number of nitrogens with one attached hydrogen (secondary N) is 9. The Morgan fingerprint density at radius 3 is 1.93 bits per heavy atom. The number of carbonyl (C=O) groups excluding carboxylic acids is 13. The number of carboxylic acid groups (broad SMARTS) is 1. The molecule has 10 unspecified atom stereocenters. The van der Waals surface area contributed by atoms with E-state index < -0.39 is 156 Å². The number of hydrogen-bond donors (Lipinski definition) is 14. The lowest BCUT2D eigenvalue weighted by Crippen LogP contribution is -2.62. The molecule has 31 nitrogen and oxygen atoms in total. The third kappa shape index (κ3) is 19.3. The number of H-pyrrole nitrogens is 1. The second-order valence-corrected chi connectivity index (χ2v) is 26.5. The van der Waals surface area contributed by atoms with Crippen molar-refractivity contribution in [1.29, 1.82) is 0 Å². The normalized spacial score (nSPS) is 19.7. The monoisotopic (exact) mass is 1390 g/mol. The Morgan fingerprint density at radius 2 is 1.26 bits per heavy atom. The molecule has 538 valence electrons. The molecular weight excluding hydrogens is 1290 g/mol. The number of benzene rings is 3. The largest absolute Gasteiger partial charge is 0.508 e. The fourth-order valence-corrected chi connectivity index (χ4v) is 13.5. The summed E-state index contributed by atoms with van der Waals surface area (Å²) in [5.74, 6) is -12.1. The summed E-state index contributed by atoms with van der Waals surface area (Å²) < 4.78 is 0. The molecule has 3 aromatic carbocycles. The molecule has 0 radical (unpaired) electrons. The summed E-state index contributed by atoms with van der Waals surface area (Å²) in [6, 6.07) is 8.15. The van der Waals surface area contributed by atoms with Crippen LogP contribution in [-0.4, -0.2) is 205 Å². The van der Waals surface area contributed by atoms with Crippen LogP contribution in [0, 0.1) is 5.92 Å². The number of aromatic amines is 1. The van der Waals surface area contributed by atoms with Crippen molar-refractivity contribution in [2.75, 3.05) is 26.2 Å². The van der Waals surface area contributed by atoms with E-state index in [2.05, 4.69) is 47.5 Å². The van der Waals surface area contributed by atoms with Crippen LogP contribution in [0.2, 0.25) is 0 Å². The van der Waals surface area contributed by atoms with E-state index >= 15 is 14.4 Å². The molecule has 4 saturated heterocycles. The molecule has 11 atom stereocenters. The minimum atomic E-state index is -1.78. The van der Waals surface area contributed by atoms with Gasteiger partial charge in [0.05, 0.1) is 12.8 Å². The number of phenols is 1. The van der Waals surface area contributed by atoms with Crippen molar-refractivity contribution in [2.45, 2.75) is 189 Å². The molecule has 17 N–H and O–H groups in total. The maximum atomic E-state index is 15.5. The van der Waals surface area contributed by atoms with Gasteiger partial charge in [0.25, 0.3) is 0 Å². The molecule has 0 bridgehead atoms. The van der Waals surface area contributed by atoms with Crippen LogP contribution in [0.5, 0.6) is 5.75 Å². The van der Waals surface area contributed by atoms with Crippen molar-refractivity contribution in [1.82, 2.24) is 62.2 Å². The predicted octanol–water partition coefficient (Wildman–Crippen LogP) is -1.44. The number of carboxylic acids is 1. The molecule has 5 heterocycles. The van der Waals surface area contributed by atoms with Gasteiger partial charge in [0.2, 0.25) is 76.8 Å². The summed E-state index contributed by atoms with van der Waals surface area (Å²) in [5, 5.41) is 41.7. The van der Waals surface area contributed by atoms with Gasteiger partial charge < -0.3 is 89.6 Å². The van der Waals surface area contributed by atoms with E-state index in [1.807, 2.05) is 38.1 Å². The molecule has 0 aliphatic carbocycles. The van der Waals surface area contributed by atoms with E-state index in [4.69, 9.17) is 17.2 Å². The Hall–Kier alpha value is -10.5. The maximum absolute atomic E-state index is 15.5. The second kappa shape index (κ2) is 34.4. The molecule has 4 fully saturated rings. The van der Waals surface area contributed by atoms with Crippen LogP contribution in [0.15, 0.2) is 85.1 Å². The molecule has 8 rings (SSSR count). The summed E-state index contributed by atoms with van der Waals surface area (Å²) in [6.07, 6.45) is 1.53. The van der Waals surface area contributed by atoms with E-state index in [1.54, 1.807) is 48.7 Å². The van der Waals surface area contributed by atoms with Crippen LogP contribution in [0.25, 0.3) is 10.9 Å². The maximum Gasteiger partial charge on any atom is 0.305 e. The number of primary amides is 2. The first-order valence-electron chi connectivity index (χ1n) is 33.9. The highest BCUT2D eigenvalue weighted by Gasteiger charge is 2.58. The summed E-state index contributed by atoms with van der Waals surface area (Å²) in [4.78, 5) is 201. The number of likely N-dealkylation sites (tertiary alicyclic amines) is 3. The second-order valence-electron chi connectivity index (χ2n) is 26.5. The Bertz CT molecular complexity index is 3700. The van der Waals surface area contributed by atoms with Crippen LogP contribution in [0.1, 0.15) is 121 Å². The zero-order valence-electron chi connectivity index (χ0n) is 56.3. The molecule has 4 aromatic rings. The van der Waals surface area contributed by atoms with Crippen LogP contribution in [0.3, 0.4) is 0 Å². The molecule has 1 spiro atoms. The number of fused-ring (bicyclic) bond motifs is 1. The van der Waals surface area contributed by atoms with Crippen LogP contribution in [0.4, 0.5) is 0 Å². The lowest BCUT2D eigenvalue weighted by atomic mass is 9.92. The van der Waals surface area contributed by atoms with Gasteiger partial charge in [-0.1, -0.05) is 74.5 Å². The van der Waals surface area contributed by atoms with Gasteiger partial charge in [-0.25, -0.2) is 0 Å². The van der Waals surface area contributed by atoms with Crippen molar-refractivity contribution < 1.29 is 77.3 Å². The van der Waals surface area contributed by atoms with Crippen molar-refractivity contribution in [2.24, 2.45) is 23.1 Å². The first kappa shape index (κ1) is 75.3. The average molecular weight is 1390 g/mol. The number of aromatic hydroxyl groups is 1. The quantitative estimate of drug-likeness (QED) is 0.0238. The average Bonchev–Trinajstić information content (AvgIpc) is 1.58. The topological polar surface area (TPSA) is 479 Å². The first-order valence-corrected chi connectivity index (χ1v) is 33.9. The number of amides is 13. The third-order valence-electron chi connectivity index (χ3n) is 18.7. The molecule has 13 amide bonds. The molecule has 100 heavy (non-hydrogen) atoms. The fraction of sp³-hybridized carbons (Fsp3) is 0.507. The first-order chi connectivity index (χ1) is 47.7. The highest BCUT2D eigenvalue weighted by Crippen LogP contribution is 2.41. The lowest BCUT2D eigenvalue weighted by molar-refractivity contribution is -0.151. The molecule has 31 heteroatoms. The zero-order valence-corrected chi connectivity index (χ0v) is 56.3. The predicted molar refractivity (Wildman–Crippen MR) is 360 cm³/mol. The van der Waals surface area contributed by atoms with Crippen molar-refractivity contribution >= 4 is 93.7 Å². The molecule has 4 aliphatic heterocycles. The van der Waals surface area contributed by atoms with Crippen LogP contribution in [-0.2, 0) is 86.4 Å². The lowest BCUT2D eigenvalue weighted by Gasteiger charge is -2.37. The van der Waals surface area contributed by atoms with Crippen LogP contribution >= 0.6 is 0 Å². The summed E-state index contributed by atoms with van der Waals surface area (Å²) in [7, 11) is 0. The van der Waals surface area contributed by atoms with Gasteiger partial charge in [-0.2, -0.15) is 0 Å². The smallest absolute Gasteiger partial charge is 0.305 e. The highest BCUT2D eigenvalue weighted by atomic mass is 16.4. The van der Waals surface area contributed by atoms with E-state index in [-0.39, 0.29) is 121 Å². The number of aromatic nitrogens is 1. The van der Waals surface area contributed by atoms with Gasteiger partial charge >= 0.3 is 5.97 Å². The van der Waals surface area contributed by atoms with Gasteiger partial charge in [0.15, 0.2) is 0 Å². The number of rotatable bonds is 34. The number of phenolic OH excluding ortho intramolecular Hbond substituents is 1. The number of nitrogens with zero attached hydrogens (tertiary/aromatic N) is 3. The van der Waals surface area contributed by atoms with Gasteiger partial charge in [0.1, 0.15) is 71.7 Å². The number of carbonyl (C=O) groups is 14. The van der Waals surface area contributed by atoms with Crippen LogP contribution < -0.4 is 59.7 Å². The standard InChI is InChI=1S/C69H91N15O16/c1-38(2)31-54(65(97)77-48(58(72)90)34-42-37-73-45-16-8-7-15-44(42)45)83-30-26-69(68(83)100)25-12-29-84(69)67(99)51(33-41-19-21-43(85)22-20-41)81-62(94)49(32-40-13-5-4-6-14-40)78-61(93)46(17-9-10-27-70)76-63(95)50(35-55(71)86)79-64(96)53-18-11-28-82(53)66(98)52(36-57(88)89)80-59(91)39(3)74-60(92)47-23-24-56(87)75-47/h4-8,13-16,19-22,37-39,46-54,73,85H,9-12,17-18,23-36,70H2,1-3H3,(H2,71,86)(H2,72,90)(H,74,92)(H,75,87)(H,76,95)(H,77,97)(H,78,93)(H,79,96)(H,80,91)(H,81,94)(H,88,89)/t39?,46?,47?,48?,49?,50?,51?,52?,53?,54?,69-/m0/s1. The molecule has 4 aliphatic rings. The Labute approximate surface area is 577 Å². The Kier molecular flexibility index (Phi) is 25.9. The fourth-order valence-electron chi connectivity index (χ4n) is 13.5. The van der Waals surface area contributed by atoms with E-state index in [9.17, 15) is 63.0 Å². The van der Waals surface area contributed by atoms with E-state index in [0.717, 1.165) is 21.4 Å². The minimum Gasteiger partial charge on any atom is -0.508 e. The summed E-state index contributed by atoms with van der Waals surface area (Å²) >= 11 is 0. The third-order valence-corrected chi connectivity index (χ3v) is 18.7. The van der Waals surface area contributed by atoms with Gasteiger partial charge in [-0.15, -0.1) is 0 Å². The number of para-hydroxylation sites is 1. The highest BCUT2D eigenvalue weighted by molar-refractivity contribution is 6.02. The van der Waals surface area contributed by atoms with Crippen molar-refractivity contribution in [3.8, 4) is 5.75 Å². The van der Waals surface area contributed by atoms with E-state index in [1.165, 1.54) is 28.9 Å². The van der Waals surface area contributed by atoms with Gasteiger partial charge in [-0.3, -0.25) is 67.1 Å². The number of aliphatic carboxylic acids is 1. The number of unbranched alkanes of at least 4 members (excludes halogenated alkanes) is 1. The minimum absolute atomic E-state index is 0.0174. The van der Waals surface area contributed by atoms with Gasteiger partial charge in [-0.05, 0) is 118 Å². The van der Waals surface area contributed by atoms with Crippen molar-refractivity contribution in [3.63, 3.8) is 0 Å². The Morgan fingerprint density at radius 1 is 0.620 bits per heavy atom. The summed E-state index contributed by atoms with van der Waals surface area (Å²) in [5.41, 5.74) is 18.5. The zero-order chi connectivity index (χ0) is 72.5. The SMILES string of the molecule is CC(C)CC(C(=O)NC(Cc1c[nH]c2ccccc12)C(N)=O)N1CC[C@@]2(CCCN2C(=O)C(Cc2ccc(O)cc2)NC(=O)C(Cc2ccccc2)NC(=O)C(CCCCN)NC(=O)C(CC(N)=O)NC(=O)C2CCCN2C(=O)C(CC(=O)O)NC(=O)C(C)NC(=O)C2CCC(=O)N2)C1=O. The molecule has 1 aromatic heterocycles. The molecular formula is C69H91N15O16. The van der Waals surface area contributed by atoms with E-state index in [0.29, 0.717) is 24.0 Å². The molecule has 0 saturated carbocycles. The van der Waals surface area contributed by atoms with Gasteiger partial charge in [0, 0.05) is 62.4 Å². The van der Waals surface area contributed by atoms with Crippen molar-refractivity contribution in [3.05, 3.63) is 102 Å². The Balaban J connectivity index is 0.996. The number of nitrogens with two attached hydrogens (primary N) is 3. The summed E-state index contributed by atoms with van der Waals surface area (Å²) in [6.45, 7) is 5.27.